The predicted octanol–water partition coefficient (Wildman–Crippen LogP) is 1.67. The molecule has 0 unspecified atom stereocenters. The molecule has 0 amide bonds. The van der Waals surface area contributed by atoms with Gasteiger partial charge in [-0.15, -0.1) is 6.58 Å². The van der Waals surface area contributed by atoms with Crippen LogP contribution in [0.3, 0.4) is 0 Å². The number of carbonyl (C=O) groups excluding carboxylic acids is 2. The molecule has 0 radical (unpaired) electrons. The monoisotopic (exact) mass is 238 g/mol. The summed E-state index contributed by atoms with van der Waals surface area (Å²) >= 11 is 0. The van der Waals surface area contributed by atoms with Crippen molar-refractivity contribution in [1.82, 2.24) is 0 Å². The Morgan fingerprint density at radius 1 is 1.24 bits per heavy atom. The van der Waals surface area contributed by atoms with Crippen LogP contribution in [0.15, 0.2) is 30.9 Å². The molecule has 0 spiro atoms. The Morgan fingerprint density at radius 2 is 1.88 bits per heavy atom. The Morgan fingerprint density at radius 3 is 2.41 bits per heavy atom. The molecule has 17 heavy (non-hydrogen) atoms. The molecule has 0 saturated carbocycles. The number of rotatable bonds is 4. The molecule has 0 heterocycles. The minimum absolute atomic E-state index is 0.0684. The van der Waals surface area contributed by atoms with E-state index in [0.717, 1.165) is 0 Å². The summed E-state index contributed by atoms with van der Waals surface area (Å²) in [4.78, 5) is 29.4. The number of hydrogen-bond acceptors (Lipinski definition) is 6. The second kappa shape index (κ2) is 5.78. The molecule has 0 saturated heterocycles. The van der Waals surface area contributed by atoms with Gasteiger partial charge in [-0.1, -0.05) is 6.08 Å². The van der Waals surface area contributed by atoms with E-state index in [1.165, 1.54) is 24.3 Å². The smallest absolute Gasteiger partial charge is 0.296 e. The number of allylic oxidation sites excluding steroid dienone is 1. The zero-order valence-corrected chi connectivity index (χ0v) is 8.75. The predicted molar refractivity (Wildman–Crippen MR) is 56.4 cm³/mol. The average Bonchev–Trinajstić information content (AvgIpc) is 2.37. The van der Waals surface area contributed by atoms with Crippen LogP contribution < -0.4 is 0 Å². The van der Waals surface area contributed by atoms with E-state index in [0.29, 0.717) is 5.56 Å². The molecular weight excluding hydrogens is 228 g/mol. The van der Waals surface area contributed by atoms with Crippen LogP contribution in [0.4, 0.5) is 0 Å². The van der Waals surface area contributed by atoms with Crippen LogP contribution >= 0.6 is 0 Å². The van der Waals surface area contributed by atoms with Crippen LogP contribution in [0.2, 0.25) is 0 Å². The van der Waals surface area contributed by atoms with Crippen LogP contribution in [-0.4, -0.2) is 22.5 Å². The summed E-state index contributed by atoms with van der Waals surface area (Å²) < 4.78 is 0. The molecular formula is C11H10O6. The highest BCUT2D eigenvalue weighted by atomic mass is 17.1. The Labute approximate surface area is 96.6 Å². The van der Waals surface area contributed by atoms with Gasteiger partial charge >= 0.3 is 11.9 Å². The lowest BCUT2D eigenvalue weighted by Crippen LogP contribution is -2.09. The van der Waals surface area contributed by atoms with Gasteiger partial charge in [0.25, 0.3) is 0 Å². The van der Waals surface area contributed by atoms with Gasteiger partial charge < -0.3 is 0 Å². The van der Waals surface area contributed by atoms with Gasteiger partial charge in [0.05, 0.1) is 11.1 Å². The Kier molecular flexibility index (Phi) is 4.38. The van der Waals surface area contributed by atoms with Gasteiger partial charge in [-0.05, 0) is 30.2 Å². The second-order valence-corrected chi connectivity index (χ2v) is 3.12. The van der Waals surface area contributed by atoms with Crippen LogP contribution in [0.5, 0.6) is 0 Å². The molecule has 6 nitrogen and oxygen atoms in total. The number of hydrogen-bond donors (Lipinski definition) is 2. The van der Waals surface area contributed by atoms with E-state index in [9.17, 15) is 9.59 Å². The molecule has 0 fully saturated rings. The minimum atomic E-state index is -0.945. The fourth-order valence-electron chi connectivity index (χ4n) is 1.35. The third kappa shape index (κ3) is 2.90. The summed E-state index contributed by atoms with van der Waals surface area (Å²) in [5.41, 5.74) is 0.586. The van der Waals surface area contributed by atoms with Gasteiger partial charge in [0.2, 0.25) is 0 Å². The van der Waals surface area contributed by atoms with E-state index in [1.54, 1.807) is 0 Å². The van der Waals surface area contributed by atoms with Crippen molar-refractivity contribution >= 4 is 11.9 Å². The molecule has 2 N–H and O–H groups in total. The van der Waals surface area contributed by atoms with Crippen LogP contribution in [0.1, 0.15) is 26.3 Å². The van der Waals surface area contributed by atoms with Crippen molar-refractivity contribution in [2.45, 2.75) is 6.42 Å². The number of benzene rings is 1. The highest BCUT2D eigenvalue weighted by Gasteiger charge is 2.15. The first-order valence-corrected chi connectivity index (χ1v) is 4.59. The van der Waals surface area contributed by atoms with Crippen molar-refractivity contribution in [3.05, 3.63) is 47.5 Å². The topological polar surface area (TPSA) is 93.1 Å². The Hall–Kier alpha value is -2.18. The second-order valence-electron chi connectivity index (χ2n) is 3.12. The molecule has 0 aliphatic carbocycles. The fourth-order valence-corrected chi connectivity index (χ4v) is 1.35. The standard InChI is InChI=1S/C11H10O6/c1-2-3-7-6-8(10(12)16-14)4-5-9(7)11(13)17-15/h2,4-6,14-15H,1,3H2. The molecule has 90 valence electrons. The average molecular weight is 238 g/mol. The van der Waals surface area contributed by atoms with E-state index < -0.39 is 11.9 Å². The van der Waals surface area contributed by atoms with Crippen LogP contribution in [0, 0.1) is 0 Å². The lowest BCUT2D eigenvalue weighted by atomic mass is 10.0. The fraction of sp³-hybridized carbons (Fsp3) is 0.0909. The maximum absolute atomic E-state index is 11.2. The SMILES string of the molecule is C=CCc1cc(C(=O)OO)ccc1C(=O)OO. The van der Waals surface area contributed by atoms with Gasteiger partial charge in [0, 0.05) is 0 Å². The quantitative estimate of drug-likeness (QED) is 0.471. The summed E-state index contributed by atoms with van der Waals surface area (Å²) in [6, 6.07) is 3.88. The van der Waals surface area contributed by atoms with Gasteiger partial charge in [0.15, 0.2) is 0 Å². The third-order valence-electron chi connectivity index (χ3n) is 2.09. The lowest BCUT2D eigenvalue weighted by Gasteiger charge is -2.06. The van der Waals surface area contributed by atoms with Crippen molar-refractivity contribution in [3.8, 4) is 0 Å². The maximum atomic E-state index is 11.2. The van der Waals surface area contributed by atoms with Gasteiger partial charge in [-0.25, -0.2) is 9.59 Å². The van der Waals surface area contributed by atoms with Gasteiger partial charge in [-0.3, -0.25) is 9.78 Å². The van der Waals surface area contributed by atoms with E-state index in [-0.39, 0.29) is 17.5 Å². The largest absolute Gasteiger partial charge is 0.373 e. The molecule has 1 aromatic carbocycles. The first kappa shape index (κ1) is 12.9. The molecule has 6 heteroatoms. The maximum Gasteiger partial charge on any atom is 0.373 e. The number of carbonyl (C=O) groups is 2. The van der Waals surface area contributed by atoms with Crippen LogP contribution in [-0.2, 0) is 16.2 Å². The summed E-state index contributed by atoms with van der Waals surface area (Å²) in [5.74, 6) is -1.88. The summed E-state index contributed by atoms with van der Waals surface area (Å²) in [6.07, 6.45) is 1.80. The van der Waals surface area contributed by atoms with E-state index >= 15 is 0 Å². The Balaban J connectivity index is 3.20. The summed E-state index contributed by atoms with van der Waals surface area (Å²) in [5, 5.41) is 16.5. The molecule has 1 rings (SSSR count). The van der Waals surface area contributed by atoms with Crippen molar-refractivity contribution in [2.75, 3.05) is 0 Å². The van der Waals surface area contributed by atoms with Crippen molar-refractivity contribution in [3.63, 3.8) is 0 Å². The molecule has 1 aromatic rings. The first-order chi connectivity index (χ1) is 8.13. The minimum Gasteiger partial charge on any atom is -0.296 e. The lowest BCUT2D eigenvalue weighted by molar-refractivity contribution is -0.183. The summed E-state index contributed by atoms with van der Waals surface area (Å²) in [6.45, 7) is 3.50. The van der Waals surface area contributed by atoms with Crippen molar-refractivity contribution in [1.29, 1.82) is 0 Å². The molecule has 0 aromatic heterocycles. The van der Waals surface area contributed by atoms with Crippen molar-refractivity contribution in [2.24, 2.45) is 0 Å². The van der Waals surface area contributed by atoms with Crippen LogP contribution in [0.25, 0.3) is 0 Å². The molecule has 0 aliphatic rings. The normalized spacial score (nSPS) is 9.53. The van der Waals surface area contributed by atoms with Gasteiger partial charge in [-0.2, -0.15) is 10.5 Å². The highest BCUT2D eigenvalue weighted by Crippen LogP contribution is 2.15. The zero-order valence-electron chi connectivity index (χ0n) is 8.75. The summed E-state index contributed by atoms with van der Waals surface area (Å²) in [7, 11) is 0. The van der Waals surface area contributed by atoms with E-state index in [4.69, 9.17) is 10.5 Å². The van der Waals surface area contributed by atoms with Gasteiger partial charge in [0.1, 0.15) is 0 Å². The van der Waals surface area contributed by atoms with E-state index in [2.05, 4.69) is 16.4 Å². The third-order valence-corrected chi connectivity index (χ3v) is 2.09. The Bertz CT molecular complexity index is 451. The zero-order chi connectivity index (χ0) is 12.8. The molecule has 0 atom stereocenters. The van der Waals surface area contributed by atoms with Crippen molar-refractivity contribution < 1.29 is 29.9 Å². The highest BCUT2D eigenvalue weighted by molar-refractivity contribution is 5.94. The molecule has 0 bridgehead atoms. The first-order valence-electron chi connectivity index (χ1n) is 4.59. The van der Waals surface area contributed by atoms with E-state index in [1.807, 2.05) is 0 Å². The molecule has 0 aliphatic heterocycles.